The van der Waals surface area contributed by atoms with Gasteiger partial charge < -0.3 is 19.5 Å². The van der Waals surface area contributed by atoms with Gasteiger partial charge in [-0.15, -0.1) is 0 Å². The molecule has 0 spiro atoms. The number of aryl methyl sites for hydroxylation is 2. The van der Waals surface area contributed by atoms with E-state index in [9.17, 15) is 14.7 Å². The van der Waals surface area contributed by atoms with Gasteiger partial charge >= 0.3 is 0 Å². The molecule has 8 nitrogen and oxygen atoms in total. The molecule has 0 saturated carbocycles. The highest BCUT2D eigenvalue weighted by Gasteiger charge is 2.51. The molecule has 1 atom stereocenters. The lowest BCUT2D eigenvalue weighted by atomic mass is 9.87. The molecule has 2 N–H and O–H groups in total. The van der Waals surface area contributed by atoms with Crippen molar-refractivity contribution in [3.63, 3.8) is 0 Å². The quantitative estimate of drug-likeness (QED) is 0.553. The number of aromatic amines is 1. The van der Waals surface area contributed by atoms with E-state index < -0.39 is 11.5 Å². The summed E-state index contributed by atoms with van der Waals surface area (Å²) in [7, 11) is 3.10. The summed E-state index contributed by atoms with van der Waals surface area (Å²) in [5.74, 6) is 0.242. The van der Waals surface area contributed by atoms with Crippen molar-refractivity contribution in [3.8, 4) is 11.5 Å². The van der Waals surface area contributed by atoms with E-state index in [-0.39, 0.29) is 18.7 Å². The Labute approximate surface area is 185 Å². The van der Waals surface area contributed by atoms with Crippen molar-refractivity contribution in [2.75, 3.05) is 19.1 Å². The monoisotopic (exact) mass is 435 g/mol. The molecule has 0 fully saturated rings. The highest BCUT2D eigenvalue weighted by molar-refractivity contribution is 6.11. The van der Waals surface area contributed by atoms with Crippen LogP contribution in [0.3, 0.4) is 0 Å². The zero-order valence-corrected chi connectivity index (χ0v) is 18.4. The van der Waals surface area contributed by atoms with Gasteiger partial charge in [0.05, 0.1) is 44.1 Å². The van der Waals surface area contributed by atoms with E-state index in [0.717, 1.165) is 5.56 Å². The summed E-state index contributed by atoms with van der Waals surface area (Å²) in [6.45, 7) is 3.66. The van der Waals surface area contributed by atoms with Gasteiger partial charge in [-0.25, -0.2) is 0 Å². The Kier molecular flexibility index (Phi) is 5.48. The number of aliphatic hydroxyl groups is 1. The molecule has 166 valence electrons. The second-order valence-electron chi connectivity index (χ2n) is 7.87. The number of rotatable bonds is 7. The van der Waals surface area contributed by atoms with Gasteiger partial charge in [-0.3, -0.25) is 14.7 Å². The molecule has 1 amide bonds. The van der Waals surface area contributed by atoms with Gasteiger partial charge in [-0.2, -0.15) is 5.10 Å². The number of aromatic nitrogens is 2. The molecular weight excluding hydrogens is 410 g/mol. The Morgan fingerprint density at radius 3 is 2.50 bits per heavy atom. The van der Waals surface area contributed by atoms with E-state index in [1.54, 1.807) is 64.5 Å². The van der Waals surface area contributed by atoms with Gasteiger partial charge in [0.25, 0.3) is 5.91 Å². The van der Waals surface area contributed by atoms with Crippen LogP contribution in [0.1, 0.15) is 39.3 Å². The Bertz CT molecular complexity index is 1180. The van der Waals surface area contributed by atoms with Crippen LogP contribution in [0.5, 0.6) is 11.5 Å². The Morgan fingerprint density at radius 2 is 1.84 bits per heavy atom. The lowest BCUT2D eigenvalue weighted by Crippen LogP contribution is -2.41. The molecule has 8 heteroatoms. The van der Waals surface area contributed by atoms with E-state index in [0.29, 0.717) is 39.7 Å². The van der Waals surface area contributed by atoms with Crippen molar-refractivity contribution in [2.45, 2.75) is 32.4 Å². The van der Waals surface area contributed by atoms with Gasteiger partial charge in [0.1, 0.15) is 0 Å². The van der Waals surface area contributed by atoms with Crippen molar-refractivity contribution in [1.29, 1.82) is 0 Å². The van der Waals surface area contributed by atoms with Crippen molar-refractivity contribution in [1.82, 2.24) is 10.2 Å². The number of fused-ring (bicyclic) bond motifs is 1. The maximum atomic E-state index is 13.5. The van der Waals surface area contributed by atoms with Crippen molar-refractivity contribution in [3.05, 3.63) is 70.5 Å². The summed E-state index contributed by atoms with van der Waals surface area (Å²) in [4.78, 5) is 28.0. The van der Waals surface area contributed by atoms with Crippen LogP contribution >= 0.6 is 0 Å². The number of ether oxygens (including phenoxy) is 2. The summed E-state index contributed by atoms with van der Waals surface area (Å²) in [6, 6.07) is 12.4. The fourth-order valence-electron chi connectivity index (χ4n) is 4.28. The third kappa shape index (κ3) is 3.42. The van der Waals surface area contributed by atoms with Crippen molar-refractivity contribution >= 4 is 17.4 Å². The predicted molar refractivity (Wildman–Crippen MR) is 118 cm³/mol. The van der Waals surface area contributed by atoms with E-state index >= 15 is 0 Å². The molecular formula is C24H25N3O5. The molecule has 0 bridgehead atoms. The van der Waals surface area contributed by atoms with Crippen LogP contribution in [0.2, 0.25) is 0 Å². The predicted octanol–water partition coefficient (Wildman–Crippen LogP) is 3.05. The van der Waals surface area contributed by atoms with Crippen molar-refractivity contribution < 1.29 is 24.2 Å². The van der Waals surface area contributed by atoms with Crippen LogP contribution in [0.25, 0.3) is 0 Å². The number of hydrogen-bond acceptors (Lipinski definition) is 6. The third-order valence-corrected chi connectivity index (χ3v) is 5.85. The van der Waals surface area contributed by atoms with Gasteiger partial charge in [-0.1, -0.05) is 24.3 Å². The Morgan fingerprint density at radius 1 is 1.12 bits per heavy atom. The molecule has 0 saturated heterocycles. The Balaban J connectivity index is 1.69. The first kappa shape index (κ1) is 21.6. The summed E-state index contributed by atoms with van der Waals surface area (Å²) < 4.78 is 10.6. The maximum Gasteiger partial charge on any atom is 0.264 e. The highest BCUT2D eigenvalue weighted by Crippen LogP contribution is 2.44. The van der Waals surface area contributed by atoms with Gasteiger partial charge in [0.2, 0.25) is 0 Å². The first-order chi connectivity index (χ1) is 15.3. The minimum Gasteiger partial charge on any atom is -0.493 e. The van der Waals surface area contributed by atoms with Gasteiger partial charge in [0, 0.05) is 11.3 Å². The molecule has 32 heavy (non-hydrogen) atoms. The van der Waals surface area contributed by atoms with Crippen LogP contribution in [-0.4, -0.2) is 41.2 Å². The van der Waals surface area contributed by atoms with E-state index in [1.165, 1.54) is 4.90 Å². The van der Waals surface area contributed by atoms with Crippen LogP contribution in [0.15, 0.2) is 42.5 Å². The van der Waals surface area contributed by atoms with Crippen LogP contribution in [0, 0.1) is 13.8 Å². The Hall–Kier alpha value is -3.65. The molecule has 4 rings (SSSR count). The third-order valence-electron chi connectivity index (χ3n) is 5.85. The summed E-state index contributed by atoms with van der Waals surface area (Å²) in [5.41, 5.74) is 1.38. The largest absolute Gasteiger partial charge is 0.493 e. The van der Waals surface area contributed by atoms with Gasteiger partial charge in [-0.05, 0) is 37.6 Å². The van der Waals surface area contributed by atoms with Gasteiger partial charge in [0.15, 0.2) is 22.9 Å². The fraction of sp³-hybridized carbons (Fsp3) is 0.292. The smallest absolute Gasteiger partial charge is 0.264 e. The second-order valence-corrected chi connectivity index (χ2v) is 7.87. The average molecular weight is 435 g/mol. The minimum atomic E-state index is -1.96. The molecule has 0 unspecified atom stereocenters. The highest BCUT2D eigenvalue weighted by atomic mass is 16.5. The molecule has 2 aromatic carbocycles. The van der Waals surface area contributed by atoms with E-state index in [2.05, 4.69) is 10.2 Å². The van der Waals surface area contributed by atoms with E-state index in [1.807, 2.05) is 6.07 Å². The van der Waals surface area contributed by atoms with Crippen LogP contribution in [-0.2, 0) is 16.9 Å². The SMILES string of the molecule is COc1ccc(CN2C(=O)[C@@](O)(CC(=O)c3c(C)n[nH]c3C)c3ccccc32)cc1OC. The topological polar surface area (TPSA) is 105 Å². The number of anilines is 1. The number of ketones is 1. The number of hydrogen-bond donors (Lipinski definition) is 2. The van der Waals surface area contributed by atoms with E-state index in [4.69, 9.17) is 9.47 Å². The number of benzene rings is 2. The molecule has 0 aliphatic carbocycles. The molecule has 0 radical (unpaired) electrons. The lowest BCUT2D eigenvalue weighted by molar-refractivity contribution is -0.136. The number of methoxy groups -OCH3 is 2. The number of nitrogens with one attached hydrogen (secondary N) is 1. The number of H-pyrrole nitrogens is 1. The normalized spacial score (nSPS) is 17.4. The molecule has 3 aromatic rings. The summed E-state index contributed by atoms with van der Waals surface area (Å²) in [6.07, 6.45) is -0.369. The number of Topliss-reactive ketones (excluding diaryl/α,β-unsaturated/α-hetero) is 1. The number of amides is 1. The zero-order valence-electron chi connectivity index (χ0n) is 18.4. The van der Waals surface area contributed by atoms with Crippen LogP contribution < -0.4 is 14.4 Å². The minimum absolute atomic E-state index is 0.205. The molecule has 1 aliphatic rings. The first-order valence-electron chi connectivity index (χ1n) is 10.2. The number of nitrogens with zero attached hydrogens (tertiary/aromatic N) is 2. The molecule has 1 aromatic heterocycles. The van der Waals surface area contributed by atoms with Crippen molar-refractivity contribution in [2.24, 2.45) is 0 Å². The summed E-state index contributed by atoms with van der Waals surface area (Å²) >= 11 is 0. The standard InChI is InChI=1S/C24H25N3O5/c1-14-22(15(2)26-25-14)19(28)12-24(30)17-7-5-6-8-18(17)27(23(24)29)13-16-9-10-20(31-3)21(11-16)32-4/h5-11,30H,12-13H2,1-4H3,(H,25,26)/t24-/m1/s1. The fourth-order valence-corrected chi connectivity index (χ4v) is 4.28. The molecule has 2 heterocycles. The van der Waals surface area contributed by atoms with Crippen LogP contribution in [0.4, 0.5) is 5.69 Å². The first-order valence-corrected chi connectivity index (χ1v) is 10.2. The zero-order chi connectivity index (χ0) is 23.0. The number of carbonyl (C=O) groups excluding carboxylic acids is 2. The number of para-hydroxylation sites is 1. The molecule has 1 aliphatic heterocycles. The lowest BCUT2D eigenvalue weighted by Gasteiger charge is -2.23. The maximum absolute atomic E-state index is 13.5. The number of carbonyl (C=O) groups is 2. The second kappa shape index (κ2) is 8.12. The average Bonchev–Trinajstić information content (AvgIpc) is 3.23. The summed E-state index contributed by atoms with van der Waals surface area (Å²) in [5, 5.41) is 18.3.